The molecule has 3 nitrogen and oxygen atoms in total. The van der Waals surface area contributed by atoms with Crippen molar-refractivity contribution in [2.24, 2.45) is 0 Å². The summed E-state index contributed by atoms with van der Waals surface area (Å²) in [5.41, 5.74) is 3.62. The molecule has 26 heavy (non-hydrogen) atoms. The van der Waals surface area contributed by atoms with Crippen LogP contribution in [0.3, 0.4) is 0 Å². The van der Waals surface area contributed by atoms with E-state index in [4.69, 9.17) is 17.0 Å². The van der Waals surface area contributed by atoms with Gasteiger partial charge in [-0.05, 0) is 49.0 Å². The number of hydrogen-bond acceptors (Lipinski definition) is 3. The van der Waals surface area contributed by atoms with Crippen molar-refractivity contribution >= 4 is 34.8 Å². The number of benzene rings is 2. The number of aryl methyl sites for hydroxylation is 1. The fourth-order valence-corrected chi connectivity index (χ4v) is 3.49. The summed E-state index contributed by atoms with van der Waals surface area (Å²) in [6.45, 7) is 7.13. The van der Waals surface area contributed by atoms with Gasteiger partial charge in [-0.3, -0.25) is 0 Å². The molecule has 0 atom stereocenters. The Hall–Kier alpha value is -1.98. The van der Waals surface area contributed by atoms with Crippen LogP contribution in [0.1, 0.15) is 17.5 Å². The summed E-state index contributed by atoms with van der Waals surface area (Å²) in [4.78, 5) is 0. The third-order valence-electron chi connectivity index (χ3n) is 3.56. The summed E-state index contributed by atoms with van der Waals surface area (Å²) in [5, 5.41) is 7.07. The van der Waals surface area contributed by atoms with Gasteiger partial charge < -0.3 is 15.4 Å². The normalized spacial score (nSPS) is 10.2. The zero-order valence-electron chi connectivity index (χ0n) is 15.2. The predicted molar refractivity (Wildman–Crippen MR) is 118 cm³/mol. The number of nitrogens with one attached hydrogen (secondary N) is 2. The second-order valence-corrected chi connectivity index (χ2v) is 7.42. The minimum atomic E-state index is 0.492. The summed E-state index contributed by atoms with van der Waals surface area (Å²) in [6, 6.07) is 16.4. The molecular formula is C21H26N2OS2. The highest BCUT2D eigenvalue weighted by atomic mass is 32.2. The van der Waals surface area contributed by atoms with Crippen LogP contribution < -0.4 is 15.4 Å². The van der Waals surface area contributed by atoms with E-state index in [1.165, 1.54) is 11.1 Å². The Morgan fingerprint density at radius 3 is 2.88 bits per heavy atom. The van der Waals surface area contributed by atoms with Crippen LogP contribution in [0, 0.1) is 6.92 Å². The molecule has 0 saturated carbocycles. The lowest BCUT2D eigenvalue weighted by molar-refractivity contribution is 0.363. The third kappa shape index (κ3) is 7.93. The van der Waals surface area contributed by atoms with Crippen LogP contribution in [0.15, 0.2) is 61.2 Å². The van der Waals surface area contributed by atoms with Crippen LogP contribution in [0.2, 0.25) is 0 Å². The second-order valence-electron chi connectivity index (χ2n) is 5.90. The highest BCUT2D eigenvalue weighted by Gasteiger charge is 2.00. The van der Waals surface area contributed by atoms with E-state index in [0.717, 1.165) is 35.9 Å². The molecule has 0 aliphatic carbocycles. The molecule has 5 heteroatoms. The molecule has 2 aromatic rings. The van der Waals surface area contributed by atoms with Crippen LogP contribution in [-0.4, -0.2) is 24.0 Å². The topological polar surface area (TPSA) is 33.3 Å². The fourth-order valence-electron chi connectivity index (χ4n) is 2.36. The van der Waals surface area contributed by atoms with E-state index < -0.39 is 0 Å². The van der Waals surface area contributed by atoms with Gasteiger partial charge in [0.2, 0.25) is 0 Å². The molecule has 138 valence electrons. The van der Waals surface area contributed by atoms with Crippen molar-refractivity contribution in [3.05, 3.63) is 72.3 Å². The van der Waals surface area contributed by atoms with Gasteiger partial charge in [-0.1, -0.05) is 48.6 Å². The maximum absolute atomic E-state index is 5.52. The number of hydrogen-bond donors (Lipinski definition) is 2. The minimum Gasteiger partial charge on any atom is -0.489 e. The quantitative estimate of drug-likeness (QED) is 0.334. The molecule has 2 N–H and O–H groups in total. The lowest BCUT2D eigenvalue weighted by Gasteiger charge is -2.11. The molecule has 0 aliphatic heterocycles. The highest BCUT2D eigenvalue weighted by Crippen LogP contribution is 2.17. The zero-order valence-corrected chi connectivity index (χ0v) is 16.8. The molecule has 0 spiro atoms. The molecular weight excluding hydrogens is 360 g/mol. The Morgan fingerprint density at radius 2 is 2.08 bits per heavy atom. The van der Waals surface area contributed by atoms with Crippen LogP contribution in [0.25, 0.3) is 0 Å². The van der Waals surface area contributed by atoms with E-state index in [0.29, 0.717) is 11.7 Å². The molecule has 0 radical (unpaired) electrons. The van der Waals surface area contributed by atoms with Crippen LogP contribution in [0.5, 0.6) is 5.75 Å². The van der Waals surface area contributed by atoms with E-state index in [-0.39, 0.29) is 0 Å². The summed E-state index contributed by atoms with van der Waals surface area (Å²) in [7, 11) is 0. The molecule has 2 aromatic carbocycles. The van der Waals surface area contributed by atoms with Gasteiger partial charge in [0, 0.05) is 24.1 Å². The van der Waals surface area contributed by atoms with E-state index in [1.807, 2.05) is 36.0 Å². The van der Waals surface area contributed by atoms with Crippen molar-refractivity contribution in [2.75, 3.05) is 24.2 Å². The molecule has 0 unspecified atom stereocenters. The van der Waals surface area contributed by atoms with Gasteiger partial charge >= 0.3 is 0 Å². The molecule has 0 bridgehead atoms. The van der Waals surface area contributed by atoms with Gasteiger partial charge in [-0.25, -0.2) is 0 Å². The van der Waals surface area contributed by atoms with Crippen molar-refractivity contribution in [3.8, 4) is 5.75 Å². The Kier molecular flexibility index (Phi) is 9.07. The standard InChI is InChI=1S/C21H26N2OS2/c1-3-12-24-20-10-5-9-19(15-20)23-21(25)22-11-6-13-26-16-18-8-4-7-17(2)14-18/h3-5,7-10,14-15H,1,6,11-13,16H2,2H3,(H2,22,23,25). The zero-order chi connectivity index (χ0) is 18.6. The molecule has 0 amide bonds. The second kappa shape index (κ2) is 11.6. The summed E-state index contributed by atoms with van der Waals surface area (Å²) < 4.78 is 5.52. The molecule has 2 rings (SSSR count). The maximum Gasteiger partial charge on any atom is 0.170 e. The average Bonchev–Trinajstić information content (AvgIpc) is 2.63. The largest absolute Gasteiger partial charge is 0.489 e. The van der Waals surface area contributed by atoms with E-state index in [9.17, 15) is 0 Å². The van der Waals surface area contributed by atoms with Crippen LogP contribution in [-0.2, 0) is 5.75 Å². The smallest absolute Gasteiger partial charge is 0.170 e. The first-order valence-corrected chi connectivity index (χ1v) is 10.3. The van der Waals surface area contributed by atoms with Crippen molar-refractivity contribution in [3.63, 3.8) is 0 Å². The summed E-state index contributed by atoms with van der Waals surface area (Å²) >= 11 is 7.30. The number of thioether (sulfide) groups is 1. The first-order valence-electron chi connectivity index (χ1n) is 8.69. The van der Waals surface area contributed by atoms with Crippen LogP contribution in [0.4, 0.5) is 5.69 Å². The van der Waals surface area contributed by atoms with E-state index >= 15 is 0 Å². The first kappa shape index (κ1) is 20.3. The molecule has 0 fully saturated rings. The fraction of sp³-hybridized carbons (Fsp3) is 0.286. The van der Waals surface area contributed by atoms with Crippen molar-refractivity contribution in [1.29, 1.82) is 0 Å². The Bertz CT molecular complexity index is 719. The minimum absolute atomic E-state index is 0.492. The first-order chi connectivity index (χ1) is 12.7. The Morgan fingerprint density at radius 1 is 1.23 bits per heavy atom. The number of rotatable bonds is 10. The third-order valence-corrected chi connectivity index (χ3v) is 4.92. The van der Waals surface area contributed by atoms with Gasteiger partial charge in [0.05, 0.1) is 0 Å². The number of ether oxygens (including phenoxy) is 1. The predicted octanol–water partition coefficient (Wildman–Crippen LogP) is 5.17. The number of thiocarbonyl (C=S) groups is 1. The average molecular weight is 387 g/mol. The molecule has 0 aromatic heterocycles. The Balaban J connectivity index is 1.61. The highest BCUT2D eigenvalue weighted by molar-refractivity contribution is 7.98. The van der Waals surface area contributed by atoms with E-state index in [1.54, 1.807) is 6.08 Å². The monoisotopic (exact) mass is 386 g/mol. The van der Waals surface area contributed by atoms with Crippen molar-refractivity contribution < 1.29 is 4.74 Å². The van der Waals surface area contributed by atoms with Gasteiger partial charge in [0.25, 0.3) is 0 Å². The van der Waals surface area contributed by atoms with Gasteiger partial charge in [0.15, 0.2) is 5.11 Å². The SMILES string of the molecule is C=CCOc1cccc(NC(=S)NCCCSCc2cccc(C)c2)c1. The van der Waals surface area contributed by atoms with Gasteiger partial charge in [0.1, 0.15) is 12.4 Å². The van der Waals surface area contributed by atoms with Crippen LogP contribution >= 0.6 is 24.0 Å². The summed E-state index contributed by atoms with van der Waals surface area (Å²) in [6.07, 6.45) is 2.80. The molecule has 0 aliphatic rings. The van der Waals surface area contributed by atoms with Gasteiger partial charge in [-0.2, -0.15) is 11.8 Å². The maximum atomic E-state index is 5.52. The number of anilines is 1. The van der Waals surface area contributed by atoms with Gasteiger partial charge in [-0.15, -0.1) is 0 Å². The van der Waals surface area contributed by atoms with E-state index in [2.05, 4.69) is 48.4 Å². The molecule has 0 heterocycles. The lowest BCUT2D eigenvalue weighted by atomic mass is 10.2. The lowest BCUT2D eigenvalue weighted by Crippen LogP contribution is -2.29. The van der Waals surface area contributed by atoms with Crippen molar-refractivity contribution in [2.45, 2.75) is 19.1 Å². The Labute approximate surface area is 166 Å². The van der Waals surface area contributed by atoms with Crippen molar-refractivity contribution in [1.82, 2.24) is 5.32 Å². The molecule has 0 saturated heterocycles. The summed E-state index contributed by atoms with van der Waals surface area (Å²) in [5.74, 6) is 2.96.